The van der Waals surface area contributed by atoms with Gasteiger partial charge in [0, 0.05) is 5.56 Å². The highest BCUT2D eigenvalue weighted by Crippen LogP contribution is 2.28. The number of carbonyl (C=O) groups excluding carboxylic acids is 1. The molecule has 0 aromatic heterocycles. The lowest BCUT2D eigenvalue weighted by Crippen LogP contribution is -2.08. The monoisotopic (exact) mass is 208 g/mol. The highest BCUT2D eigenvalue weighted by Gasteiger charge is 2.07. The van der Waals surface area contributed by atoms with Crippen LogP contribution in [0.4, 0.5) is 0 Å². The van der Waals surface area contributed by atoms with Crippen molar-refractivity contribution in [3.8, 4) is 11.5 Å². The maximum absolute atomic E-state index is 10.7. The van der Waals surface area contributed by atoms with E-state index in [0.717, 1.165) is 12.2 Å². The Bertz CT molecular complexity index is 433. The van der Waals surface area contributed by atoms with Gasteiger partial charge in [0.15, 0.2) is 11.5 Å². The standard InChI is InChI=1S/C10H8O5/c11-7-3-1-2-6(9(7)13)4-5-8(12)10(14)15/h1-5,11,13H,(H,14,15). The molecule has 5 heteroatoms. The quantitative estimate of drug-likeness (QED) is 0.387. The van der Waals surface area contributed by atoms with Crippen molar-refractivity contribution in [3.63, 3.8) is 0 Å². The smallest absolute Gasteiger partial charge is 0.376 e. The Morgan fingerprint density at radius 1 is 1.20 bits per heavy atom. The second kappa shape index (κ2) is 4.28. The molecule has 0 bridgehead atoms. The Morgan fingerprint density at radius 2 is 1.87 bits per heavy atom. The molecule has 1 aromatic rings. The summed E-state index contributed by atoms with van der Waals surface area (Å²) in [5.74, 6) is -3.41. The predicted molar refractivity (Wildman–Crippen MR) is 51.4 cm³/mol. The van der Waals surface area contributed by atoms with Crippen molar-refractivity contribution >= 4 is 17.8 Å². The lowest BCUT2D eigenvalue weighted by Gasteiger charge is -1.99. The molecular formula is C10H8O5. The van der Waals surface area contributed by atoms with Gasteiger partial charge in [0.25, 0.3) is 5.78 Å². The van der Waals surface area contributed by atoms with Gasteiger partial charge in [0.05, 0.1) is 0 Å². The summed E-state index contributed by atoms with van der Waals surface area (Å²) in [4.78, 5) is 20.8. The molecule has 0 saturated carbocycles. The molecule has 0 saturated heterocycles. The normalized spacial score (nSPS) is 10.4. The van der Waals surface area contributed by atoms with E-state index in [-0.39, 0.29) is 11.3 Å². The maximum Gasteiger partial charge on any atom is 0.376 e. The number of aromatic hydroxyl groups is 2. The van der Waals surface area contributed by atoms with Crippen molar-refractivity contribution in [2.24, 2.45) is 0 Å². The lowest BCUT2D eigenvalue weighted by molar-refractivity contribution is -0.146. The molecule has 0 heterocycles. The number of rotatable bonds is 3. The molecule has 0 aliphatic carbocycles. The van der Waals surface area contributed by atoms with E-state index in [2.05, 4.69) is 0 Å². The van der Waals surface area contributed by atoms with Crippen molar-refractivity contribution < 1.29 is 24.9 Å². The molecule has 1 rings (SSSR count). The van der Waals surface area contributed by atoms with E-state index in [4.69, 9.17) is 10.2 Å². The fourth-order valence-electron chi connectivity index (χ4n) is 0.920. The van der Waals surface area contributed by atoms with Crippen LogP contribution in [0.3, 0.4) is 0 Å². The van der Waals surface area contributed by atoms with Crippen LogP contribution in [0.25, 0.3) is 6.08 Å². The Hall–Kier alpha value is -2.30. The average molecular weight is 208 g/mol. The van der Waals surface area contributed by atoms with Gasteiger partial charge in [-0.1, -0.05) is 12.1 Å². The first kappa shape index (κ1) is 10.8. The van der Waals surface area contributed by atoms with Gasteiger partial charge in [0.1, 0.15) is 0 Å². The van der Waals surface area contributed by atoms with Crippen LogP contribution in [0, 0.1) is 0 Å². The van der Waals surface area contributed by atoms with Gasteiger partial charge >= 0.3 is 5.97 Å². The summed E-state index contributed by atoms with van der Waals surface area (Å²) in [6.45, 7) is 0. The number of ketones is 1. The molecule has 0 aliphatic rings. The molecule has 78 valence electrons. The number of carboxylic acid groups (broad SMARTS) is 1. The molecule has 3 N–H and O–H groups in total. The zero-order valence-corrected chi connectivity index (χ0v) is 7.54. The van der Waals surface area contributed by atoms with Crippen LogP contribution in [0.5, 0.6) is 11.5 Å². The first-order valence-electron chi connectivity index (χ1n) is 3.98. The van der Waals surface area contributed by atoms with Crippen molar-refractivity contribution in [1.29, 1.82) is 0 Å². The Labute approximate surface area is 84.9 Å². The van der Waals surface area contributed by atoms with Crippen LogP contribution in [0.2, 0.25) is 0 Å². The number of phenols is 2. The lowest BCUT2D eigenvalue weighted by atomic mass is 10.1. The molecule has 15 heavy (non-hydrogen) atoms. The van der Waals surface area contributed by atoms with Gasteiger partial charge in [-0.25, -0.2) is 4.79 Å². The van der Waals surface area contributed by atoms with Gasteiger partial charge in [-0.15, -0.1) is 0 Å². The first-order valence-corrected chi connectivity index (χ1v) is 3.98. The van der Waals surface area contributed by atoms with Gasteiger partial charge in [0.2, 0.25) is 0 Å². The summed E-state index contributed by atoms with van der Waals surface area (Å²) in [5, 5.41) is 26.6. The number of hydrogen-bond acceptors (Lipinski definition) is 4. The molecule has 1 aromatic carbocycles. The van der Waals surface area contributed by atoms with Gasteiger partial charge in [-0.05, 0) is 18.2 Å². The minimum absolute atomic E-state index is 0.171. The van der Waals surface area contributed by atoms with Crippen LogP contribution in [-0.2, 0) is 9.59 Å². The molecular weight excluding hydrogens is 200 g/mol. The van der Waals surface area contributed by atoms with E-state index in [9.17, 15) is 14.7 Å². The molecule has 0 radical (unpaired) electrons. The summed E-state index contributed by atoms with van der Waals surface area (Å²) < 4.78 is 0. The minimum Gasteiger partial charge on any atom is -0.504 e. The number of phenolic OH excluding ortho intramolecular Hbond substituents is 2. The Morgan fingerprint density at radius 3 is 2.47 bits per heavy atom. The van der Waals surface area contributed by atoms with Crippen LogP contribution in [-0.4, -0.2) is 27.1 Å². The molecule has 0 amide bonds. The van der Waals surface area contributed by atoms with E-state index < -0.39 is 17.5 Å². The number of para-hydroxylation sites is 1. The number of aliphatic carboxylic acids is 1. The van der Waals surface area contributed by atoms with Crippen LogP contribution in [0.1, 0.15) is 5.56 Å². The molecule has 0 spiro atoms. The van der Waals surface area contributed by atoms with E-state index in [1.807, 2.05) is 0 Å². The van der Waals surface area contributed by atoms with E-state index in [1.54, 1.807) is 0 Å². The summed E-state index contributed by atoms with van der Waals surface area (Å²) in [6.07, 6.45) is 1.92. The summed E-state index contributed by atoms with van der Waals surface area (Å²) in [7, 11) is 0. The fourth-order valence-corrected chi connectivity index (χ4v) is 0.920. The third-order valence-corrected chi connectivity index (χ3v) is 1.67. The second-order valence-electron chi connectivity index (χ2n) is 2.72. The largest absolute Gasteiger partial charge is 0.504 e. The van der Waals surface area contributed by atoms with E-state index >= 15 is 0 Å². The second-order valence-corrected chi connectivity index (χ2v) is 2.72. The van der Waals surface area contributed by atoms with Crippen molar-refractivity contribution in [2.45, 2.75) is 0 Å². The average Bonchev–Trinajstić information content (AvgIpc) is 2.19. The zero-order valence-electron chi connectivity index (χ0n) is 7.54. The third-order valence-electron chi connectivity index (χ3n) is 1.67. The van der Waals surface area contributed by atoms with Gasteiger partial charge in [-0.2, -0.15) is 0 Å². The van der Waals surface area contributed by atoms with Crippen LogP contribution >= 0.6 is 0 Å². The zero-order chi connectivity index (χ0) is 11.4. The van der Waals surface area contributed by atoms with Crippen LogP contribution < -0.4 is 0 Å². The fraction of sp³-hybridized carbons (Fsp3) is 0. The Balaban J connectivity index is 2.95. The number of benzene rings is 1. The first-order chi connectivity index (χ1) is 7.02. The molecule has 0 unspecified atom stereocenters. The van der Waals surface area contributed by atoms with Crippen molar-refractivity contribution in [1.82, 2.24) is 0 Å². The highest BCUT2D eigenvalue weighted by atomic mass is 16.4. The Kier molecular flexibility index (Phi) is 3.07. The maximum atomic E-state index is 10.7. The van der Waals surface area contributed by atoms with Crippen molar-refractivity contribution in [2.75, 3.05) is 0 Å². The molecule has 0 fully saturated rings. The topological polar surface area (TPSA) is 94.8 Å². The van der Waals surface area contributed by atoms with E-state index in [0.29, 0.717) is 0 Å². The molecule has 5 nitrogen and oxygen atoms in total. The summed E-state index contributed by atoms with van der Waals surface area (Å²) >= 11 is 0. The summed E-state index contributed by atoms with van der Waals surface area (Å²) in [5.41, 5.74) is 0.171. The highest BCUT2D eigenvalue weighted by molar-refractivity contribution is 6.38. The van der Waals surface area contributed by atoms with Gasteiger partial charge < -0.3 is 15.3 Å². The molecule has 0 aliphatic heterocycles. The van der Waals surface area contributed by atoms with Crippen molar-refractivity contribution in [3.05, 3.63) is 29.8 Å². The van der Waals surface area contributed by atoms with Crippen LogP contribution in [0.15, 0.2) is 24.3 Å². The predicted octanol–water partition coefficient (Wildman–Crippen LogP) is 0.765. The summed E-state index contributed by atoms with van der Waals surface area (Å²) in [6, 6.07) is 4.16. The van der Waals surface area contributed by atoms with Gasteiger partial charge in [-0.3, -0.25) is 4.79 Å². The third kappa shape index (κ3) is 2.57. The SMILES string of the molecule is O=C(O)C(=O)C=Cc1cccc(O)c1O. The number of hydrogen-bond donors (Lipinski definition) is 3. The van der Waals surface area contributed by atoms with E-state index in [1.165, 1.54) is 18.2 Å². The molecule has 0 atom stereocenters. The number of carbonyl (C=O) groups is 2. The minimum atomic E-state index is -1.58. The number of carboxylic acids is 1.